The molecule has 0 aliphatic heterocycles. The normalized spacial score (nSPS) is 12.3. The van der Waals surface area contributed by atoms with Gasteiger partial charge >= 0.3 is 0 Å². The van der Waals surface area contributed by atoms with Gasteiger partial charge in [-0.3, -0.25) is 0 Å². The Morgan fingerprint density at radius 3 is 2.57 bits per heavy atom. The Hall–Kier alpha value is -2.62. The molecule has 0 atom stereocenters. The molecule has 4 nitrogen and oxygen atoms in total. The van der Waals surface area contributed by atoms with E-state index in [1.165, 1.54) is 0 Å². The summed E-state index contributed by atoms with van der Waals surface area (Å²) in [5.41, 5.74) is 2.20. The third-order valence-corrected chi connectivity index (χ3v) is 2.93. The van der Waals surface area contributed by atoms with Gasteiger partial charge in [0.15, 0.2) is 0 Å². The van der Waals surface area contributed by atoms with Crippen LogP contribution in [-0.2, 0) is 4.74 Å². The lowest BCUT2D eigenvalue weighted by Crippen LogP contribution is -2.30. The van der Waals surface area contributed by atoms with Gasteiger partial charge in [0.25, 0.3) is 0 Å². The SMILES string of the molecule is CCOC([O-])=C(C=N[n+]1ccccc1C)c1ccccc1. The van der Waals surface area contributed by atoms with Crippen molar-refractivity contribution >= 4 is 11.8 Å². The van der Waals surface area contributed by atoms with Crippen molar-refractivity contribution in [3.05, 3.63) is 71.9 Å². The second kappa shape index (κ2) is 7.24. The molecular formula is C17H18N2O2. The molecule has 0 unspecified atom stereocenters. The van der Waals surface area contributed by atoms with Gasteiger partial charge in [-0.05, 0) is 23.3 Å². The first-order valence-electron chi connectivity index (χ1n) is 6.83. The van der Waals surface area contributed by atoms with E-state index >= 15 is 0 Å². The zero-order valence-electron chi connectivity index (χ0n) is 12.2. The fourth-order valence-electron chi connectivity index (χ4n) is 1.84. The lowest BCUT2D eigenvalue weighted by molar-refractivity contribution is -0.684. The summed E-state index contributed by atoms with van der Waals surface area (Å²) in [4.78, 5) is 0. The molecule has 108 valence electrons. The molecule has 1 heterocycles. The van der Waals surface area contributed by atoms with E-state index in [0.29, 0.717) is 12.2 Å². The quantitative estimate of drug-likeness (QED) is 0.477. The summed E-state index contributed by atoms with van der Waals surface area (Å²) >= 11 is 0. The molecule has 4 heteroatoms. The van der Waals surface area contributed by atoms with Crippen LogP contribution in [0.15, 0.2) is 65.8 Å². The van der Waals surface area contributed by atoms with Crippen molar-refractivity contribution in [3.8, 4) is 0 Å². The van der Waals surface area contributed by atoms with Crippen LogP contribution in [0.1, 0.15) is 18.2 Å². The molecule has 0 saturated carbocycles. The summed E-state index contributed by atoms with van der Waals surface area (Å²) in [5, 5.41) is 16.4. The van der Waals surface area contributed by atoms with E-state index in [1.54, 1.807) is 17.8 Å². The van der Waals surface area contributed by atoms with Gasteiger partial charge in [0.1, 0.15) is 6.21 Å². The van der Waals surface area contributed by atoms with E-state index in [4.69, 9.17) is 4.74 Å². The average Bonchev–Trinajstić information content (AvgIpc) is 2.50. The molecule has 2 aromatic rings. The standard InChI is InChI=1S/C17H18N2O2/c1-3-21-17(20)16(15-10-5-4-6-11-15)13-18-19-12-8-7-9-14(19)2/h4-13H,3H2,1-2H3. The molecule has 21 heavy (non-hydrogen) atoms. The Balaban J connectivity index is 2.38. The molecule has 1 aromatic heterocycles. The predicted octanol–water partition coefficient (Wildman–Crippen LogP) is 1.88. The van der Waals surface area contributed by atoms with E-state index < -0.39 is 0 Å². The molecule has 1 aromatic carbocycles. The van der Waals surface area contributed by atoms with Crippen molar-refractivity contribution in [2.24, 2.45) is 5.10 Å². The highest BCUT2D eigenvalue weighted by atomic mass is 16.6. The molecule has 0 saturated heterocycles. The largest absolute Gasteiger partial charge is 0.613 e. The van der Waals surface area contributed by atoms with Crippen LogP contribution in [0.4, 0.5) is 0 Å². The Kier molecular flexibility index (Phi) is 5.10. The smallest absolute Gasteiger partial charge is 0.211 e. The van der Waals surface area contributed by atoms with Crippen molar-refractivity contribution < 1.29 is 14.5 Å². The number of aromatic nitrogens is 1. The third-order valence-electron chi connectivity index (χ3n) is 2.93. The van der Waals surface area contributed by atoms with Crippen LogP contribution in [0.25, 0.3) is 5.57 Å². The van der Waals surface area contributed by atoms with E-state index in [2.05, 4.69) is 5.10 Å². The van der Waals surface area contributed by atoms with Crippen LogP contribution in [-0.4, -0.2) is 12.8 Å². The Morgan fingerprint density at radius 2 is 1.90 bits per heavy atom. The summed E-state index contributed by atoms with van der Waals surface area (Å²) in [5.74, 6) is -0.373. The van der Waals surface area contributed by atoms with Crippen molar-refractivity contribution in [1.82, 2.24) is 0 Å². The van der Waals surface area contributed by atoms with E-state index in [1.807, 2.05) is 61.7 Å². The number of pyridine rings is 1. The van der Waals surface area contributed by atoms with Gasteiger partial charge < -0.3 is 9.84 Å². The second-order valence-corrected chi connectivity index (χ2v) is 4.43. The number of hydrogen-bond acceptors (Lipinski definition) is 3. The van der Waals surface area contributed by atoms with Gasteiger partial charge in [0, 0.05) is 24.6 Å². The lowest BCUT2D eigenvalue weighted by Gasteiger charge is -2.16. The van der Waals surface area contributed by atoms with Crippen LogP contribution in [0.2, 0.25) is 0 Å². The summed E-state index contributed by atoms with van der Waals surface area (Å²) in [6, 6.07) is 15.2. The summed E-state index contributed by atoms with van der Waals surface area (Å²) < 4.78 is 6.81. The summed E-state index contributed by atoms with van der Waals surface area (Å²) in [6.07, 6.45) is 3.37. The minimum atomic E-state index is -0.373. The van der Waals surface area contributed by atoms with Gasteiger partial charge in [-0.1, -0.05) is 41.9 Å². The molecule has 0 N–H and O–H groups in total. The highest BCUT2D eigenvalue weighted by Crippen LogP contribution is 2.14. The number of benzene rings is 1. The predicted molar refractivity (Wildman–Crippen MR) is 80.3 cm³/mol. The number of hydrogen-bond donors (Lipinski definition) is 0. The molecule has 0 amide bonds. The Labute approximate surface area is 124 Å². The van der Waals surface area contributed by atoms with Gasteiger partial charge in [-0.15, -0.1) is 0 Å². The van der Waals surface area contributed by atoms with Crippen LogP contribution >= 0.6 is 0 Å². The van der Waals surface area contributed by atoms with Gasteiger partial charge in [0.2, 0.25) is 11.9 Å². The first kappa shape index (κ1) is 14.8. The number of aryl methyl sites for hydroxylation is 1. The lowest BCUT2D eigenvalue weighted by atomic mass is 10.1. The van der Waals surface area contributed by atoms with Crippen LogP contribution in [0, 0.1) is 6.92 Å². The summed E-state index contributed by atoms with van der Waals surface area (Å²) in [7, 11) is 0. The van der Waals surface area contributed by atoms with Gasteiger partial charge in [-0.2, -0.15) is 0 Å². The third kappa shape index (κ3) is 3.92. The topological polar surface area (TPSA) is 48.5 Å². The average molecular weight is 282 g/mol. The van der Waals surface area contributed by atoms with Crippen LogP contribution in [0.5, 0.6) is 0 Å². The molecule has 0 bridgehead atoms. The molecule has 0 aliphatic rings. The van der Waals surface area contributed by atoms with E-state index in [-0.39, 0.29) is 5.95 Å². The molecule has 0 fully saturated rings. The number of allylic oxidation sites excluding steroid dienone is 1. The van der Waals surface area contributed by atoms with Crippen molar-refractivity contribution in [1.29, 1.82) is 0 Å². The second-order valence-electron chi connectivity index (χ2n) is 4.43. The number of nitrogens with zero attached hydrogens (tertiary/aromatic N) is 2. The molecular weight excluding hydrogens is 264 g/mol. The van der Waals surface area contributed by atoms with E-state index in [9.17, 15) is 5.11 Å². The maximum Gasteiger partial charge on any atom is 0.211 e. The fraction of sp³-hybridized carbons (Fsp3) is 0.176. The maximum atomic E-state index is 12.1. The minimum Gasteiger partial charge on any atom is -0.613 e. The zero-order valence-corrected chi connectivity index (χ0v) is 12.2. The monoisotopic (exact) mass is 282 g/mol. The van der Waals surface area contributed by atoms with Gasteiger partial charge in [0.05, 0.1) is 5.95 Å². The molecule has 0 spiro atoms. The minimum absolute atomic E-state index is 0.334. The fourth-order valence-corrected chi connectivity index (χ4v) is 1.84. The van der Waals surface area contributed by atoms with Crippen LogP contribution in [0.3, 0.4) is 0 Å². The zero-order chi connectivity index (χ0) is 15.1. The number of rotatable bonds is 5. The van der Waals surface area contributed by atoms with Crippen LogP contribution < -0.4 is 9.78 Å². The maximum absolute atomic E-state index is 12.1. The Morgan fingerprint density at radius 1 is 1.19 bits per heavy atom. The van der Waals surface area contributed by atoms with Crippen molar-refractivity contribution in [2.75, 3.05) is 6.61 Å². The van der Waals surface area contributed by atoms with Crippen molar-refractivity contribution in [2.45, 2.75) is 13.8 Å². The Bertz CT molecular complexity index is 649. The summed E-state index contributed by atoms with van der Waals surface area (Å²) in [6.45, 7) is 4.07. The first-order valence-corrected chi connectivity index (χ1v) is 6.83. The highest BCUT2D eigenvalue weighted by molar-refractivity contribution is 6.09. The molecule has 0 radical (unpaired) electrons. The highest BCUT2D eigenvalue weighted by Gasteiger charge is 2.05. The van der Waals surface area contributed by atoms with E-state index in [0.717, 1.165) is 11.3 Å². The van der Waals surface area contributed by atoms with Crippen molar-refractivity contribution in [3.63, 3.8) is 0 Å². The molecule has 0 aliphatic carbocycles. The molecule has 2 rings (SSSR count). The van der Waals surface area contributed by atoms with Gasteiger partial charge in [-0.25, -0.2) is 0 Å². The number of ether oxygens (including phenoxy) is 1. The first-order chi connectivity index (χ1) is 10.2.